The summed E-state index contributed by atoms with van der Waals surface area (Å²) in [4.78, 5) is 15.4. The predicted octanol–water partition coefficient (Wildman–Crippen LogP) is 0.841. The van der Waals surface area contributed by atoms with Gasteiger partial charge in [0.05, 0.1) is 23.3 Å². The van der Waals surface area contributed by atoms with Gasteiger partial charge in [0.1, 0.15) is 0 Å². The molecule has 0 saturated carbocycles. The third-order valence-electron chi connectivity index (χ3n) is 1.88. The van der Waals surface area contributed by atoms with Crippen LogP contribution in [0.3, 0.4) is 0 Å². The molecule has 0 aliphatic rings. The summed E-state index contributed by atoms with van der Waals surface area (Å²) < 4.78 is 0. The quantitative estimate of drug-likeness (QED) is 0.779. The minimum Gasteiger partial charge on any atom is -0.347 e. The molecule has 0 aromatic carbocycles. The van der Waals surface area contributed by atoms with Gasteiger partial charge < -0.3 is 11.1 Å². The smallest absolute Gasteiger partial charge is 0.234 e. The second kappa shape index (κ2) is 5.07. The maximum atomic E-state index is 11.0. The van der Waals surface area contributed by atoms with Crippen molar-refractivity contribution in [1.82, 2.24) is 10.3 Å². The molecular weight excluding hydrogens is 198 g/mol. The van der Waals surface area contributed by atoms with Crippen molar-refractivity contribution in [3.05, 3.63) is 16.1 Å². The third-order valence-corrected chi connectivity index (χ3v) is 2.89. The molecule has 1 amide bonds. The van der Waals surface area contributed by atoms with Crippen molar-refractivity contribution in [2.75, 3.05) is 6.54 Å². The van der Waals surface area contributed by atoms with E-state index in [1.807, 2.05) is 12.3 Å². The summed E-state index contributed by atoms with van der Waals surface area (Å²) >= 11 is 1.62. The first-order valence-electron chi connectivity index (χ1n) is 4.61. The highest BCUT2D eigenvalue weighted by molar-refractivity contribution is 7.09. The molecule has 1 rings (SSSR count). The van der Waals surface area contributed by atoms with Crippen LogP contribution in [0.15, 0.2) is 5.38 Å². The van der Waals surface area contributed by atoms with Crippen LogP contribution in [0.5, 0.6) is 0 Å². The molecule has 1 heterocycles. The number of amides is 1. The van der Waals surface area contributed by atoms with Gasteiger partial charge >= 0.3 is 0 Å². The fraction of sp³-hybridized carbons (Fsp3) is 0.556. The van der Waals surface area contributed by atoms with Gasteiger partial charge in [0.2, 0.25) is 5.91 Å². The van der Waals surface area contributed by atoms with Crippen LogP contribution in [0.4, 0.5) is 0 Å². The lowest BCUT2D eigenvalue weighted by molar-refractivity contribution is -0.120. The topological polar surface area (TPSA) is 68.0 Å². The van der Waals surface area contributed by atoms with E-state index in [2.05, 4.69) is 17.2 Å². The molecule has 0 aliphatic heterocycles. The second-order valence-electron chi connectivity index (χ2n) is 3.01. The van der Waals surface area contributed by atoms with E-state index in [-0.39, 0.29) is 18.5 Å². The first-order valence-corrected chi connectivity index (χ1v) is 5.49. The standard InChI is InChI=1S/C9H15N3OS/c1-3-9-12-7(5-14-9)6(2)11-8(13)4-10/h5-6H,3-4,10H2,1-2H3,(H,11,13). The maximum Gasteiger partial charge on any atom is 0.234 e. The van der Waals surface area contributed by atoms with Crippen LogP contribution in [-0.2, 0) is 11.2 Å². The summed E-state index contributed by atoms with van der Waals surface area (Å²) in [6.45, 7) is 3.99. The number of nitrogens with one attached hydrogen (secondary N) is 1. The van der Waals surface area contributed by atoms with Crippen molar-refractivity contribution < 1.29 is 4.79 Å². The maximum absolute atomic E-state index is 11.0. The first-order chi connectivity index (χ1) is 6.67. The van der Waals surface area contributed by atoms with Gasteiger partial charge in [-0.2, -0.15) is 0 Å². The number of thiazole rings is 1. The zero-order valence-electron chi connectivity index (χ0n) is 8.41. The number of aromatic nitrogens is 1. The number of aryl methyl sites for hydroxylation is 1. The van der Waals surface area contributed by atoms with Gasteiger partial charge in [-0.25, -0.2) is 4.98 Å². The van der Waals surface area contributed by atoms with E-state index >= 15 is 0 Å². The average molecular weight is 213 g/mol. The van der Waals surface area contributed by atoms with Gasteiger partial charge in [0.25, 0.3) is 0 Å². The lowest BCUT2D eigenvalue weighted by Crippen LogP contribution is -2.32. The second-order valence-corrected chi connectivity index (χ2v) is 3.96. The highest BCUT2D eigenvalue weighted by Crippen LogP contribution is 2.16. The molecule has 1 unspecified atom stereocenters. The molecule has 1 aromatic rings. The van der Waals surface area contributed by atoms with Gasteiger partial charge in [0.15, 0.2) is 0 Å². The van der Waals surface area contributed by atoms with Crippen LogP contribution in [0.1, 0.15) is 30.6 Å². The summed E-state index contributed by atoms with van der Waals surface area (Å²) in [6, 6.07) is -0.0531. The van der Waals surface area contributed by atoms with Crippen molar-refractivity contribution in [3.63, 3.8) is 0 Å². The predicted molar refractivity (Wildman–Crippen MR) is 57.1 cm³/mol. The zero-order chi connectivity index (χ0) is 10.6. The highest BCUT2D eigenvalue weighted by atomic mass is 32.1. The Hall–Kier alpha value is -0.940. The first kappa shape index (κ1) is 11.1. The molecule has 0 saturated heterocycles. The molecule has 14 heavy (non-hydrogen) atoms. The molecule has 1 aromatic heterocycles. The van der Waals surface area contributed by atoms with E-state index in [1.54, 1.807) is 11.3 Å². The molecule has 4 nitrogen and oxygen atoms in total. The number of carbonyl (C=O) groups excluding carboxylic acids is 1. The number of rotatable bonds is 4. The van der Waals surface area contributed by atoms with Gasteiger partial charge in [-0.1, -0.05) is 6.92 Å². The van der Waals surface area contributed by atoms with E-state index < -0.39 is 0 Å². The molecule has 78 valence electrons. The molecular formula is C9H15N3OS. The fourth-order valence-corrected chi connectivity index (χ4v) is 1.90. The molecule has 0 fully saturated rings. The number of nitrogens with zero attached hydrogens (tertiary/aromatic N) is 1. The van der Waals surface area contributed by atoms with Crippen molar-refractivity contribution in [2.45, 2.75) is 26.3 Å². The van der Waals surface area contributed by atoms with Gasteiger partial charge in [0, 0.05) is 5.38 Å². The molecule has 0 radical (unpaired) electrons. The molecule has 5 heteroatoms. The lowest BCUT2D eigenvalue weighted by Gasteiger charge is -2.09. The largest absolute Gasteiger partial charge is 0.347 e. The monoisotopic (exact) mass is 213 g/mol. The van der Waals surface area contributed by atoms with E-state index in [1.165, 1.54) is 0 Å². The minimum absolute atomic E-state index is 0.0229. The molecule has 0 spiro atoms. The molecule has 0 aliphatic carbocycles. The third kappa shape index (κ3) is 2.78. The number of hydrogen-bond donors (Lipinski definition) is 2. The van der Waals surface area contributed by atoms with Crippen molar-refractivity contribution in [3.8, 4) is 0 Å². The number of hydrogen-bond acceptors (Lipinski definition) is 4. The molecule has 0 bridgehead atoms. The minimum atomic E-state index is -0.149. The Labute approximate surface area is 87.5 Å². The Morgan fingerprint density at radius 1 is 1.79 bits per heavy atom. The lowest BCUT2D eigenvalue weighted by atomic mass is 10.2. The van der Waals surface area contributed by atoms with Crippen molar-refractivity contribution >= 4 is 17.2 Å². The molecule has 3 N–H and O–H groups in total. The van der Waals surface area contributed by atoms with Gasteiger partial charge in [-0.05, 0) is 13.3 Å². The highest BCUT2D eigenvalue weighted by Gasteiger charge is 2.11. The van der Waals surface area contributed by atoms with Crippen LogP contribution in [0, 0.1) is 0 Å². The Balaban J connectivity index is 2.60. The SMILES string of the molecule is CCc1nc(C(C)NC(=O)CN)cs1. The Morgan fingerprint density at radius 2 is 2.50 bits per heavy atom. The van der Waals surface area contributed by atoms with E-state index in [9.17, 15) is 4.79 Å². The molecule has 1 atom stereocenters. The normalized spacial score (nSPS) is 12.5. The summed E-state index contributed by atoms with van der Waals surface area (Å²) in [5.41, 5.74) is 6.11. The Bertz CT molecular complexity index is 311. The van der Waals surface area contributed by atoms with Gasteiger partial charge in [-0.15, -0.1) is 11.3 Å². The summed E-state index contributed by atoms with van der Waals surface area (Å²) in [5, 5.41) is 5.83. The Kier molecular flexibility index (Phi) is 4.03. The van der Waals surface area contributed by atoms with Crippen LogP contribution < -0.4 is 11.1 Å². The van der Waals surface area contributed by atoms with E-state index in [0.717, 1.165) is 17.1 Å². The number of carbonyl (C=O) groups is 1. The zero-order valence-corrected chi connectivity index (χ0v) is 9.23. The van der Waals surface area contributed by atoms with E-state index in [0.29, 0.717) is 0 Å². The van der Waals surface area contributed by atoms with Crippen LogP contribution in [-0.4, -0.2) is 17.4 Å². The van der Waals surface area contributed by atoms with Crippen LogP contribution >= 0.6 is 11.3 Å². The van der Waals surface area contributed by atoms with Crippen LogP contribution in [0.25, 0.3) is 0 Å². The summed E-state index contributed by atoms with van der Waals surface area (Å²) in [7, 11) is 0. The van der Waals surface area contributed by atoms with Crippen molar-refractivity contribution in [2.24, 2.45) is 5.73 Å². The van der Waals surface area contributed by atoms with Gasteiger partial charge in [-0.3, -0.25) is 4.79 Å². The summed E-state index contributed by atoms with van der Waals surface area (Å²) in [6.07, 6.45) is 0.933. The van der Waals surface area contributed by atoms with Crippen molar-refractivity contribution in [1.29, 1.82) is 0 Å². The Morgan fingerprint density at radius 3 is 3.00 bits per heavy atom. The summed E-state index contributed by atoms with van der Waals surface area (Å²) in [5.74, 6) is -0.149. The van der Waals surface area contributed by atoms with Crippen LogP contribution in [0.2, 0.25) is 0 Å². The van der Waals surface area contributed by atoms with E-state index in [4.69, 9.17) is 5.73 Å². The fourth-order valence-electron chi connectivity index (χ4n) is 1.06. The number of nitrogens with two attached hydrogens (primary N) is 1. The average Bonchev–Trinajstić information content (AvgIpc) is 2.65.